The Kier molecular flexibility index (Phi) is 2.58. The smallest absolute Gasteiger partial charge is 0.0687 e. The van der Waals surface area contributed by atoms with Gasteiger partial charge in [-0.2, -0.15) is 0 Å². The lowest BCUT2D eigenvalue weighted by atomic mass is 9.51. The van der Waals surface area contributed by atoms with Crippen molar-refractivity contribution in [3.8, 4) is 0 Å². The second-order valence-electron chi connectivity index (χ2n) is 6.31. The van der Waals surface area contributed by atoms with Crippen LogP contribution in [0.4, 0.5) is 0 Å². The number of allylic oxidation sites excluding steroid dienone is 2. The van der Waals surface area contributed by atoms with E-state index in [0.29, 0.717) is 11.8 Å². The van der Waals surface area contributed by atoms with Gasteiger partial charge >= 0.3 is 0 Å². The molecule has 90 valence electrons. The molecular formula is C15H24O. The van der Waals surface area contributed by atoms with Gasteiger partial charge in [0.05, 0.1) is 5.60 Å². The van der Waals surface area contributed by atoms with Crippen LogP contribution in [0, 0.1) is 17.3 Å². The summed E-state index contributed by atoms with van der Waals surface area (Å²) in [7, 11) is 0. The number of rotatable bonds is 1. The summed E-state index contributed by atoms with van der Waals surface area (Å²) in [6, 6.07) is 0. The molecule has 0 heterocycles. The normalized spacial score (nSPS) is 47.4. The van der Waals surface area contributed by atoms with Crippen molar-refractivity contribution < 1.29 is 5.11 Å². The summed E-state index contributed by atoms with van der Waals surface area (Å²) in [5.74, 6) is 0.856. The third kappa shape index (κ3) is 1.48. The van der Waals surface area contributed by atoms with Crippen molar-refractivity contribution in [1.29, 1.82) is 0 Å². The lowest BCUT2D eigenvalue weighted by Gasteiger charge is -2.55. The average molecular weight is 220 g/mol. The fourth-order valence-corrected chi connectivity index (χ4v) is 3.93. The molecule has 1 nitrogen and oxygen atoms in total. The highest BCUT2D eigenvalue weighted by molar-refractivity contribution is 5.26. The Bertz CT molecular complexity index is 350. The van der Waals surface area contributed by atoms with E-state index in [1.165, 1.54) is 11.1 Å². The molecule has 2 aliphatic rings. The molecule has 0 aromatic rings. The van der Waals surface area contributed by atoms with E-state index in [-0.39, 0.29) is 5.41 Å². The molecule has 1 N–H and O–H groups in total. The Morgan fingerprint density at radius 1 is 1.50 bits per heavy atom. The topological polar surface area (TPSA) is 20.2 Å². The monoisotopic (exact) mass is 220 g/mol. The van der Waals surface area contributed by atoms with Gasteiger partial charge in [-0.3, -0.25) is 0 Å². The first-order valence-corrected chi connectivity index (χ1v) is 6.34. The maximum atomic E-state index is 10.6. The molecule has 0 aromatic carbocycles. The van der Waals surface area contributed by atoms with Crippen molar-refractivity contribution in [2.75, 3.05) is 0 Å². The molecule has 0 unspecified atom stereocenters. The molecule has 0 saturated heterocycles. The van der Waals surface area contributed by atoms with E-state index in [9.17, 15) is 5.11 Å². The molecule has 2 rings (SSSR count). The predicted molar refractivity (Wildman–Crippen MR) is 68.1 cm³/mol. The van der Waals surface area contributed by atoms with Gasteiger partial charge in [0.1, 0.15) is 0 Å². The van der Waals surface area contributed by atoms with E-state index in [1.807, 2.05) is 6.92 Å². The van der Waals surface area contributed by atoms with Crippen LogP contribution in [0.5, 0.6) is 0 Å². The minimum atomic E-state index is -0.528. The quantitative estimate of drug-likeness (QED) is 0.668. The van der Waals surface area contributed by atoms with Gasteiger partial charge in [0, 0.05) is 5.92 Å². The van der Waals surface area contributed by atoms with Crippen LogP contribution < -0.4 is 0 Å². The first-order valence-electron chi connectivity index (χ1n) is 6.34. The standard InChI is InChI=1S/C15H24O/c1-10(2)15-7-6-11(3)13(9-15)14(5,16)8-12(15)4/h6,12-13,16H,1,7-9H2,2-5H3/t12-,13+,14-,15-/m1/s1. The zero-order chi connectivity index (χ0) is 12.1. The Labute approximate surface area is 99.3 Å². The number of hydrogen-bond donors (Lipinski definition) is 1. The van der Waals surface area contributed by atoms with Crippen molar-refractivity contribution in [2.45, 2.75) is 52.6 Å². The number of hydrogen-bond acceptors (Lipinski definition) is 1. The number of aliphatic hydroxyl groups is 1. The van der Waals surface area contributed by atoms with Crippen molar-refractivity contribution in [3.63, 3.8) is 0 Å². The van der Waals surface area contributed by atoms with Crippen LogP contribution in [0.15, 0.2) is 23.8 Å². The van der Waals surface area contributed by atoms with E-state index in [2.05, 4.69) is 33.4 Å². The summed E-state index contributed by atoms with van der Waals surface area (Å²) >= 11 is 0. The second-order valence-corrected chi connectivity index (χ2v) is 6.31. The van der Waals surface area contributed by atoms with Crippen LogP contribution in [0.2, 0.25) is 0 Å². The molecule has 2 aliphatic carbocycles. The summed E-state index contributed by atoms with van der Waals surface area (Å²) < 4.78 is 0. The first kappa shape index (κ1) is 11.9. The van der Waals surface area contributed by atoms with Crippen molar-refractivity contribution >= 4 is 0 Å². The van der Waals surface area contributed by atoms with Crippen LogP contribution in [-0.2, 0) is 0 Å². The lowest BCUT2D eigenvalue weighted by Crippen LogP contribution is -2.51. The highest BCUT2D eigenvalue weighted by atomic mass is 16.3. The van der Waals surface area contributed by atoms with Crippen LogP contribution in [0.25, 0.3) is 0 Å². The predicted octanol–water partition coefficient (Wildman–Crippen LogP) is 3.70. The molecule has 0 aliphatic heterocycles. The van der Waals surface area contributed by atoms with Crippen molar-refractivity contribution in [1.82, 2.24) is 0 Å². The average Bonchev–Trinajstić information content (AvgIpc) is 2.15. The van der Waals surface area contributed by atoms with Gasteiger partial charge in [-0.05, 0) is 51.4 Å². The van der Waals surface area contributed by atoms with Gasteiger partial charge in [-0.15, -0.1) is 0 Å². The van der Waals surface area contributed by atoms with Crippen LogP contribution in [-0.4, -0.2) is 10.7 Å². The first-order chi connectivity index (χ1) is 7.29. The number of fused-ring (bicyclic) bond motifs is 2. The third-order valence-corrected chi connectivity index (χ3v) is 5.17. The van der Waals surface area contributed by atoms with Gasteiger partial charge < -0.3 is 5.11 Å². The zero-order valence-electron chi connectivity index (χ0n) is 11.0. The summed E-state index contributed by atoms with van der Waals surface area (Å²) in [5.41, 5.74) is 2.38. The molecule has 0 spiro atoms. The molecule has 1 saturated carbocycles. The molecule has 0 amide bonds. The lowest BCUT2D eigenvalue weighted by molar-refractivity contribution is -0.0805. The van der Waals surface area contributed by atoms with Crippen LogP contribution >= 0.6 is 0 Å². The second kappa shape index (κ2) is 3.46. The Morgan fingerprint density at radius 2 is 2.12 bits per heavy atom. The molecule has 1 fully saturated rings. The van der Waals surface area contributed by atoms with Crippen LogP contribution in [0.3, 0.4) is 0 Å². The van der Waals surface area contributed by atoms with E-state index in [4.69, 9.17) is 0 Å². The van der Waals surface area contributed by atoms with E-state index in [0.717, 1.165) is 19.3 Å². The Hall–Kier alpha value is -0.560. The molecule has 16 heavy (non-hydrogen) atoms. The minimum Gasteiger partial charge on any atom is -0.390 e. The van der Waals surface area contributed by atoms with Gasteiger partial charge in [-0.1, -0.05) is 30.7 Å². The van der Waals surface area contributed by atoms with E-state index in [1.54, 1.807) is 0 Å². The fraction of sp³-hybridized carbons (Fsp3) is 0.733. The highest BCUT2D eigenvalue weighted by Crippen LogP contribution is 2.57. The maximum absolute atomic E-state index is 10.6. The minimum absolute atomic E-state index is 0.242. The molecule has 0 aromatic heterocycles. The summed E-state index contributed by atoms with van der Waals surface area (Å²) in [6.45, 7) is 12.8. The zero-order valence-corrected chi connectivity index (χ0v) is 11.0. The Balaban J connectivity index is 2.45. The SMILES string of the molecule is C=C(C)[C@@]12CC=C(C)[C@H](C1)[C@](C)(O)C[C@H]2C. The van der Waals surface area contributed by atoms with Crippen molar-refractivity contribution in [2.24, 2.45) is 17.3 Å². The van der Waals surface area contributed by atoms with Gasteiger partial charge in [0.15, 0.2) is 0 Å². The summed E-state index contributed by atoms with van der Waals surface area (Å²) in [6.07, 6.45) is 5.42. The summed E-state index contributed by atoms with van der Waals surface area (Å²) in [5, 5.41) is 10.6. The Morgan fingerprint density at radius 3 is 2.69 bits per heavy atom. The van der Waals surface area contributed by atoms with E-state index >= 15 is 0 Å². The molecule has 4 atom stereocenters. The third-order valence-electron chi connectivity index (χ3n) is 5.17. The van der Waals surface area contributed by atoms with Gasteiger partial charge in [0.2, 0.25) is 0 Å². The molecule has 0 radical (unpaired) electrons. The largest absolute Gasteiger partial charge is 0.390 e. The summed E-state index contributed by atoms with van der Waals surface area (Å²) in [4.78, 5) is 0. The van der Waals surface area contributed by atoms with E-state index < -0.39 is 5.60 Å². The fourth-order valence-electron chi connectivity index (χ4n) is 3.93. The highest BCUT2D eigenvalue weighted by Gasteiger charge is 2.52. The van der Waals surface area contributed by atoms with Crippen molar-refractivity contribution in [3.05, 3.63) is 23.8 Å². The van der Waals surface area contributed by atoms with Gasteiger partial charge in [0.25, 0.3) is 0 Å². The molecule has 2 bridgehead atoms. The molecular weight excluding hydrogens is 196 g/mol. The van der Waals surface area contributed by atoms with Crippen LogP contribution in [0.1, 0.15) is 47.0 Å². The molecule has 1 heteroatoms. The van der Waals surface area contributed by atoms with Gasteiger partial charge in [-0.25, -0.2) is 0 Å². The maximum Gasteiger partial charge on any atom is 0.0687 e.